The first-order valence-electron chi connectivity index (χ1n) is 7.85. The van der Waals surface area contributed by atoms with Crippen LogP contribution in [0.2, 0.25) is 5.02 Å². The Morgan fingerprint density at radius 2 is 2.25 bits per heavy atom. The topological polar surface area (TPSA) is 87.4 Å². The number of halogens is 1. The van der Waals surface area contributed by atoms with Crippen LogP contribution in [0, 0.1) is 5.92 Å². The minimum atomic E-state index is -0.290. The van der Waals surface area contributed by atoms with E-state index in [0.29, 0.717) is 12.8 Å². The maximum atomic E-state index is 12.4. The number of hydrogen-bond acceptors (Lipinski definition) is 4. The monoisotopic (exact) mass is 349 g/mol. The number of carbonyl (C=O) groups is 1. The van der Waals surface area contributed by atoms with E-state index in [-0.39, 0.29) is 41.2 Å². The minimum absolute atomic E-state index is 0.00230. The summed E-state index contributed by atoms with van der Waals surface area (Å²) in [7, 11) is 1.83. The molecule has 0 radical (unpaired) electrons. The molecule has 6 nitrogen and oxygen atoms in total. The Kier molecular flexibility index (Phi) is 4.78. The van der Waals surface area contributed by atoms with E-state index in [1.165, 1.54) is 6.07 Å². The number of aryl methyl sites for hydroxylation is 1. The standard InChI is InChI=1S/C17H20ClN3O3/c1-21-9-12(8-19-21)17(11-6-13(22)7-11)20-16(24)5-10-2-3-15(23)14(18)4-10/h2-4,8-9,11,13,17,22-23H,5-7H2,1H3,(H,20,24)/t11?,13?,17-/m0/s1. The minimum Gasteiger partial charge on any atom is -0.506 e. The van der Waals surface area contributed by atoms with Gasteiger partial charge in [-0.1, -0.05) is 17.7 Å². The van der Waals surface area contributed by atoms with Crippen LogP contribution in [-0.4, -0.2) is 32.0 Å². The van der Waals surface area contributed by atoms with Crippen LogP contribution in [0.5, 0.6) is 5.75 Å². The van der Waals surface area contributed by atoms with Crippen molar-refractivity contribution in [3.63, 3.8) is 0 Å². The average Bonchev–Trinajstić information content (AvgIpc) is 2.92. The number of aliphatic hydroxyl groups is 1. The van der Waals surface area contributed by atoms with Gasteiger partial charge in [0.05, 0.1) is 29.8 Å². The SMILES string of the molecule is Cn1cc([C@@H](NC(=O)Cc2ccc(O)c(Cl)c2)C2CC(O)C2)cn1. The zero-order valence-electron chi connectivity index (χ0n) is 13.3. The zero-order valence-corrected chi connectivity index (χ0v) is 14.1. The van der Waals surface area contributed by atoms with E-state index >= 15 is 0 Å². The van der Waals surface area contributed by atoms with Gasteiger partial charge in [-0.25, -0.2) is 0 Å². The largest absolute Gasteiger partial charge is 0.506 e. The summed E-state index contributed by atoms with van der Waals surface area (Å²) in [6.07, 6.45) is 4.85. The predicted molar refractivity (Wildman–Crippen MR) is 89.6 cm³/mol. The van der Waals surface area contributed by atoms with Crippen LogP contribution in [0.3, 0.4) is 0 Å². The van der Waals surface area contributed by atoms with Crippen molar-refractivity contribution in [3.8, 4) is 5.75 Å². The van der Waals surface area contributed by atoms with Crippen molar-refractivity contribution in [1.82, 2.24) is 15.1 Å². The molecule has 3 N–H and O–H groups in total. The number of nitrogens with one attached hydrogen (secondary N) is 1. The van der Waals surface area contributed by atoms with E-state index in [4.69, 9.17) is 11.6 Å². The Bertz CT molecular complexity index is 740. The Labute approximate surface area is 145 Å². The van der Waals surface area contributed by atoms with E-state index in [1.54, 1.807) is 23.0 Å². The Morgan fingerprint density at radius 3 is 2.83 bits per heavy atom. The highest BCUT2D eigenvalue weighted by Crippen LogP contribution is 2.38. The molecule has 0 aliphatic heterocycles. The van der Waals surface area contributed by atoms with Crippen LogP contribution in [-0.2, 0) is 18.3 Å². The molecule has 1 atom stereocenters. The number of rotatable bonds is 5. The highest BCUT2D eigenvalue weighted by molar-refractivity contribution is 6.32. The lowest BCUT2D eigenvalue weighted by Gasteiger charge is -2.37. The smallest absolute Gasteiger partial charge is 0.224 e. The van der Waals surface area contributed by atoms with Crippen molar-refractivity contribution < 1.29 is 15.0 Å². The molecule has 1 amide bonds. The van der Waals surface area contributed by atoms with E-state index in [0.717, 1.165) is 11.1 Å². The van der Waals surface area contributed by atoms with Gasteiger partial charge in [0.2, 0.25) is 5.91 Å². The molecule has 7 heteroatoms. The fraction of sp³-hybridized carbons (Fsp3) is 0.412. The first kappa shape index (κ1) is 16.8. The third-order valence-corrected chi connectivity index (χ3v) is 4.70. The molecule has 128 valence electrons. The molecule has 1 heterocycles. The normalized spacial score (nSPS) is 21.1. The van der Waals surface area contributed by atoms with Gasteiger partial charge in [0.15, 0.2) is 0 Å². The molecule has 1 aromatic carbocycles. The fourth-order valence-electron chi connectivity index (χ4n) is 3.05. The molecule has 0 saturated heterocycles. The number of hydrogen-bond donors (Lipinski definition) is 3. The predicted octanol–water partition coefficient (Wildman–Crippen LogP) is 1.95. The van der Waals surface area contributed by atoms with Gasteiger partial charge in [0.1, 0.15) is 5.75 Å². The van der Waals surface area contributed by atoms with Crippen LogP contribution in [0.1, 0.15) is 30.0 Å². The summed E-state index contributed by atoms with van der Waals surface area (Å²) in [4.78, 5) is 12.4. The van der Waals surface area contributed by atoms with Gasteiger partial charge in [0, 0.05) is 18.8 Å². The van der Waals surface area contributed by atoms with E-state index in [2.05, 4.69) is 10.4 Å². The number of phenolic OH excluding ortho intramolecular Hbond substituents is 1. The van der Waals surface area contributed by atoms with Gasteiger partial charge < -0.3 is 15.5 Å². The maximum Gasteiger partial charge on any atom is 0.224 e. The second-order valence-electron chi connectivity index (χ2n) is 6.34. The number of aliphatic hydroxyl groups excluding tert-OH is 1. The fourth-order valence-corrected chi connectivity index (χ4v) is 3.25. The van der Waals surface area contributed by atoms with Crippen molar-refractivity contribution in [2.45, 2.75) is 31.4 Å². The van der Waals surface area contributed by atoms with E-state index < -0.39 is 0 Å². The van der Waals surface area contributed by atoms with Crippen LogP contribution in [0.4, 0.5) is 0 Å². The summed E-state index contributed by atoms with van der Waals surface area (Å²) in [5.74, 6) is 0.0704. The number of benzene rings is 1. The highest BCUT2D eigenvalue weighted by atomic mass is 35.5. The summed E-state index contributed by atoms with van der Waals surface area (Å²) < 4.78 is 1.70. The second-order valence-corrected chi connectivity index (χ2v) is 6.75. The number of carbonyl (C=O) groups excluding carboxylic acids is 1. The Balaban J connectivity index is 1.69. The number of nitrogens with zero attached hydrogens (tertiary/aromatic N) is 2. The van der Waals surface area contributed by atoms with Crippen molar-refractivity contribution >= 4 is 17.5 Å². The van der Waals surface area contributed by atoms with Gasteiger partial charge in [0.25, 0.3) is 0 Å². The summed E-state index contributed by atoms with van der Waals surface area (Å²) >= 11 is 5.88. The lowest BCUT2D eigenvalue weighted by molar-refractivity contribution is -0.122. The summed E-state index contributed by atoms with van der Waals surface area (Å²) in [6.45, 7) is 0. The third kappa shape index (κ3) is 3.71. The molecule has 3 rings (SSSR count). The number of phenols is 1. The molecule has 0 spiro atoms. The Morgan fingerprint density at radius 1 is 1.50 bits per heavy atom. The van der Waals surface area contributed by atoms with Crippen molar-refractivity contribution in [2.24, 2.45) is 13.0 Å². The van der Waals surface area contributed by atoms with E-state index in [9.17, 15) is 15.0 Å². The molecule has 1 fully saturated rings. The lowest BCUT2D eigenvalue weighted by Crippen LogP contribution is -2.41. The lowest BCUT2D eigenvalue weighted by atomic mass is 9.75. The Hall–Kier alpha value is -2.05. The first-order valence-corrected chi connectivity index (χ1v) is 8.23. The molecule has 2 aromatic rings. The number of aromatic nitrogens is 2. The zero-order chi connectivity index (χ0) is 17.3. The quantitative estimate of drug-likeness (QED) is 0.770. The van der Waals surface area contributed by atoms with Gasteiger partial charge in [-0.2, -0.15) is 5.10 Å². The van der Waals surface area contributed by atoms with Gasteiger partial charge in [-0.15, -0.1) is 0 Å². The molecule has 0 bridgehead atoms. The second kappa shape index (κ2) is 6.83. The molecule has 24 heavy (non-hydrogen) atoms. The summed E-state index contributed by atoms with van der Waals surface area (Å²) in [5, 5.41) is 26.5. The summed E-state index contributed by atoms with van der Waals surface area (Å²) in [6, 6.07) is 4.57. The van der Waals surface area contributed by atoms with Crippen molar-refractivity contribution in [2.75, 3.05) is 0 Å². The molecule has 1 aromatic heterocycles. The van der Waals surface area contributed by atoms with Crippen LogP contribution < -0.4 is 5.32 Å². The van der Waals surface area contributed by atoms with Gasteiger partial charge in [-0.05, 0) is 36.5 Å². The summed E-state index contributed by atoms with van der Waals surface area (Å²) in [5.41, 5.74) is 1.67. The van der Waals surface area contributed by atoms with Crippen LogP contribution >= 0.6 is 11.6 Å². The average molecular weight is 350 g/mol. The molecule has 0 unspecified atom stereocenters. The van der Waals surface area contributed by atoms with Crippen LogP contribution in [0.15, 0.2) is 30.6 Å². The first-order chi connectivity index (χ1) is 11.4. The third-order valence-electron chi connectivity index (χ3n) is 4.40. The molecule has 1 aliphatic carbocycles. The molecule has 1 aliphatic rings. The van der Waals surface area contributed by atoms with Crippen LogP contribution in [0.25, 0.3) is 0 Å². The van der Waals surface area contributed by atoms with Crippen molar-refractivity contribution in [1.29, 1.82) is 0 Å². The number of amides is 1. The highest BCUT2D eigenvalue weighted by Gasteiger charge is 2.36. The van der Waals surface area contributed by atoms with Gasteiger partial charge >= 0.3 is 0 Å². The molecule has 1 saturated carbocycles. The van der Waals surface area contributed by atoms with Crippen molar-refractivity contribution in [3.05, 3.63) is 46.7 Å². The number of aromatic hydroxyl groups is 1. The maximum absolute atomic E-state index is 12.4. The van der Waals surface area contributed by atoms with Gasteiger partial charge in [-0.3, -0.25) is 9.48 Å². The van der Waals surface area contributed by atoms with E-state index in [1.807, 2.05) is 13.2 Å². The molecular formula is C17H20ClN3O3. The molecular weight excluding hydrogens is 330 g/mol.